The van der Waals surface area contributed by atoms with Crippen LogP contribution < -0.4 is 0 Å². The standard InChI is InChI=1S/C11H12BrFO/c12-11(10-2-1-7-14-10)8-3-5-9(13)6-4-8/h3-6,10-11H,1-2,7H2/t10-,11-/m1/s1. The van der Waals surface area contributed by atoms with Gasteiger partial charge in [0.1, 0.15) is 5.82 Å². The Hall–Kier alpha value is -0.410. The van der Waals surface area contributed by atoms with Gasteiger partial charge in [-0.3, -0.25) is 0 Å². The lowest BCUT2D eigenvalue weighted by Crippen LogP contribution is -2.12. The Labute approximate surface area is 91.4 Å². The molecule has 0 spiro atoms. The summed E-state index contributed by atoms with van der Waals surface area (Å²) in [7, 11) is 0. The lowest BCUT2D eigenvalue weighted by atomic mass is 10.1. The molecule has 1 aliphatic rings. The molecule has 0 amide bonds. The third-order valence-corrected chi connectivity index (χ3v) is 3.60. The van der Waals surface area contributed by atoms with Gasteiger partial charge in [0, 0.05) is 6.61 Å². The molecule has 1 aromatic carbocycles. The van der Waals surface area contributed by atoms with Crippen LogP contribution >= 0.6 is 15.9 Å². The zero-order valence-corrected chi connectivity index (χ0v) is 9.34. The zero-order valence-electron chi connectivity index (χ0n) is 7.75. The van der Waals surface area contributed by atoms with Crippen molar-refractivity contribution < 1.29 is 9.13 Å². The van der Waals surface area contributed by atoms with Crippen molar-refractivity contribution in [3.63, 3.8) is 0 Å². The number of rotatable bonds is 2. The van der Waals surface area contributed by atoms with Gasteiger partial charge in [-0.2, -0.15) is 0 Å². The van der Waals surface area contributed by atoms with Crippen LogP contribution in [0.5, 0.6) is 0 Å². The minimum absolute atomic E-state index is 0.186. The van der Waals surface area contributed by atoms with E-state index in [1.807, 2.05) is 0 Å². The summed E-state index contributed by atoms with van der Waals surface area (Å²) in [6.45, 7) is 0.841. The molecule has 2 atom stereocenters. The van der Waals surface area contributed by atoms with Gasteiger partial charge in [0.25, 0.3) is 0 Å². The highest BCUT2D eigenvalue weighted by molar-refractivity contribution is 9.09. The van der Waals surface area contributed by atoms with E-state index >= 15 is 0 Å². The van der Waals surface area contributed by atoms with Crippen LogP contribution in [0.3, 0.4) is 0 Å². The molecule has 1 fully saturated rings. The number of ether oxygens (including phenoxy) is 1. The largest absolute Gasteiger partial charge is 0.377 e. The molecule has 1 saturated heterocycles. The first-order chi connectivity index (χ1) is 6.77. The molecular weight excluding hydrogens is 247 g/mol. The molecule has 14 heavy (non-hydrogen) atoms. The summed E-state index contributed by atoms with van der Waals surface area (Å²) in [5, 5.41) is 0. The molecule has 0 bridgehead atoms. The maximum absolute atomic E-state index is 12.7. The van der Waals surface area contributed by atoms with Crippen LogP contribution in [0, 0.1) is 5.82 Å². The van der Waals surface area contributed by atoms with E-state index in [1.54, 1.807) is 12.1 Å². The first-order valence-corrected chi connectivity index (χ1v) is 5.70. The SMILES string of the molecule is Fc1ccc([C@@H](Br)[C@H]2CCCO2)cc1. The summed E-state index contributed by atoms with van der Waals surface area (Å²) in [6.07, 6.45) is 2.43. The third kappa shape index (κ3) is 2.15. The summed E-state index contributed by atoms with van der Waals surface area (Å²) >= 11 is 3.59. The average Bonchev–Trinajstić information content (AvgIpc) is 2.71. The molecule has 0 radical (unpaired) electrons. The summed E-state index contributed by atoms with van der Waals surface area (Å²) < 4.78 is 18.2. The lowest BCUT2D eigenvalue weighted by Gasteiger charge is -2.16. The smallest absolute Gasteiger partial charge is 0.123 e. The third-order valence-electron chi connectivity index (χ3n) is 2.48. The molecule has 0 saturated carbocycles. The van der Waals surface area contributed by atoms with Crippen molar-refractivity contribution >= 4 is 15.9 Å². The first-order valence-electron chi connectivity index (χ1n) is 4.78. The maximum Gasteiger partial charge on any atom is 0.123 e. The van der Waals surface area contributed by atoms with Crippen molar-refractivity contribution in [3.05, 3.63) is 35.6 Å². The van der Waals surface area contributed by atoms with Crippen LogP contribution in [0.15, 0.2) is 24.3 Å². The quantitative estimate of drug-likeness (QED) is 0.739. The van der Waals surface area contributed by atoms with Crippen molar-refractivity contribution in [2.45, 2.75) is 23.8 Å². The van der Waals surface area contributed by atoms with Crippen LogP contribution in [-0.4, -0.2) is 12.7 Å². The van der Waals surface area contributed by atoms with E-state index in [1.165, 1.54) is 12.1 Å². The summed E-state index contributed by atoms with van der Waals surface area (Å²) in [4.78, 5) is 0.186. The highest BCUT2D eigenvalue weighted by Gasteiger charge is 2.24. The van der Waals surface area contributed by atoms with E-state index in [-0.39, 0.29) is 16.7 Å². The van der Waals surface area contributed by atoms with Crippen molar-refractivity contribution in [2.24, 2.45) is 0 Å². The molecule has 76 valence electrons. The lowest BCUT2D eigenvalue weighted by molar-refractivity contribution is 0.110. The first kappa shape index (κ1) is 10.1. The molecule has 0 aliphatic carbocycles. The monoisotopic (exact) mass is 258 g/mol. The summed E-state index contributed by atoms with van der Waals surface area (Å²) in [5.41, 5.74) is 1.08. The highest BCUT2D eigenvalue weighted by atomic mass is 79.9. The van der Waals surface area contributed by atoms with Gasteiger partial charge in [0.15, 0.2) is 0 Å². The van der Waals surface area contributed by atoms with Crippen molar-refractivity contribution in [2.75, 3.05) is 6.61 Å². The Morgan fingerprint density at radius 3 is 2.64 bits per heavy atom. The van der Waals surface area contributed by atoms with Gasteiger partial charge >= 0.3 is 0 Å². The van der Waals surface area contributed by atoms with Gasteiger partial charge in [-0.1, -0.05) is 28.1 Å². The molecule has 1 nitrogen and oxygen atoms in total. The van der Waals surface area contributed by atoms with E-state index < -0.39 is 0 Å². The second-order valence-corrected chi connectivity index (χ2v) is 4.49. The Bertz CT molecular complexity index is 293. The van der Waals surface area contributed by atoms with Crippen LogP contribution in [-0.2, 0) is 4.74 Å². The number of hydrogen-bond acceptors (Lipinski definition) is 1. The molecule has 2 rings (SSSR count). The molecule has 1 aromatic rings. The summed E-state index contributed by atoms with van der Waals surface area (Å²) in [5.74, 6) is -0.194. The van der Waals surface area contributed by atoms with Gasteiger partial charge < -0.3 is 4.74 Å². The van der Waals surface area contributed by atoms with Gasteiger partial charge in [-0.05, 0) is 30.5 Å². The number of hydrogen-bond donors (Lipinski definition) is 0. The molecule has 1 aliphatic heterocycles. The van der Waals surface area contributed by atoms with Gasteiger partial charge in [0.05, 0.1) is 10.9 Å². The fourth-order valence-electron chi connectivity index (χ4n) is 1.69. The normalized spacial score (nSPS) is 23.7. The van der Waals surface area contributed by atoms with E-state index in [2.05, 4.69) is 15.9 Å². The number of alkyl halides is 1. The second-order valence-electron chi connectivity index (χ2n) is 3.50. The molecule has 0 N–H and O–H groups in total. The van der Waals surface area contributed by atoms with Crippen molar-refractivity contribution in [1.29, 1.82) is 0 Å². The van der Waals surface area contributed by atoms with Crippen molar-refractivity contribution in [1.82, 2.24) is 0 Å². The minimum Gasteiger partial charge on any atom is -0.377 e. The Balaban J connectivity index is 2.09. The maximum atomic E-state index is 12.7. The average molecular weight is 259 g/mol. The number of halogens is 2. The summed E-state index contributed by atoms with van der Waals surface area (Å²) in [6, 6.07) is 6.57. The van der Waals surface area contributed by atoms with E-state index in [0.717, 1.165) is 25.0 Å². The molecule has 1 heterocycles. The van der Waals surface area contributed by atoms with E-state index in [9.17, 15) is 4.39 Å². The minimum atomic E-state index is -0.194. The second kappa shape index (κ2) is 4.41. The van der Waals surface area contributed by atoms with Crippen LogP contribution in [0.2, 0.25) is 0 Å². The fraction of sp³-hybridized carbons (Fsp3) is 0.455. The topological polar surface area (TPSA) is 9.23 Å². The highest BCUT2D eigenvalue weighted by Crippen LogP contribution is 2.33. The van der Waals surface area contributed by atoms with E-state index in [0.29, 0.717) is 0 Å². The predicted octanol–water partition coefficient (Wildman–Crippen LogP) is 3.44. The number of benzene rings is 1. The molecule has 3 heteroatoms. The Morgan fingerprint density at radius 1 is 1.36 bits per heavy atom. The van der Waals surface area contributed by atoms with Gasteiger partial charge in [0.2, 0.25) is 0 Å². The molecular formula is C11H12BrFO. The predicted molar refractivity (Wildman–Crippen MR) is 57.0 cm³/mol. The Morgan fingerprint density at radius 2 is 2.07 bits per heavy atom. The van der Waals surface area contributed by atoms with Crippen molar-refractivity contribution in [3.8, 4) is 0 Å². The van der Waals surface area contributed by atoms with E-state index in [4.69, 9.17) is 4.74 Å². The van der Waals surface area contributed by atoms with Crippen LogP contribution in [0.1, 0.15) is 23.2 Å². The molecule has 0 unspecified atom stereocenters. The van der Waals surface area contributed by atoms with Gasteiger partial charge in [-0.15, -0.1) is 0 Å². The van der Waals surface area contributed by atoms with Gasteiger partial charge in [-0.25, -0.2) is 4.39 Å². The molecule has 0 aromatic heterocycles. The Kier molecular flexibility index (Phi) is 3.19. The van der Waals surface area contributed by atoms with Crippen LogP contribution in [0.4, 0.5) is 4.39 Å². The fourth-order valence-corrected chi connectivity index (χ4v) is 2.42. The zero-order chi connectivity index (χ0) is 9.97. The van der Waals surface area contributed by atoms with Crippen LogP contribution in [0.25, 0.3) is 0 Å².